The first kappa shape index (κ1) is 40.3. The molecule has 298 valence electrons. The molecular weight excluding hydrogens is 689 g/mol. The summed E-state index contributed by atoms with van der Waals surface area (Å²) in [6.07, 6.45) is 30.6. The molecule has 4 aliphatic carbocycles. The zero-order valence-electron chi connectivity index (χ0n) is 33.9. The van der Waals surface area contributed by atoms with E-state index >= 15 is 0 Å². The minimum Gasteiger partial charge on any atom is -0.508 e. The summed E-state index contributed by atoms with van der Waals surface area (Å²) in [4.78, 5) is 13.4. The first-order chi connectivity index (χ1) is 27.4. The SMILES string of the molecule is CCCCCc1cc(C2Cc3cccc(c3)C3(CCC4C=c5ccccc5=CC4C3)C(C(=O)O)CC=CCC2CCCCCCC2C=C(CO)CC2)ccc1O. The Morgan fingerprint density at radius 1 is 0.804 bits per heavy atom. The lowest BCUT2D eigenvalue weighted by Crippen LogP contribution is -2.47. The first-order valence-corrected chi connectivity index (χ1v) is 22.2. The number of allylic oxidation sites excluding steroid dienone is 3. The third-order valence-corrected chi connectivity index (χ3v) is 14.3. The van der Waals surface area contributed by atoms with E-state index in [9.17, 15) is 20.1 Å². The van der Waals surface area contributed by atoms with E-state index in [1.165, 1.54) is 71.2 Å². The van der Waals surface area contributed by atoms with Crippen molar-refractivity contribution in [3.05, 3.63) is 123 Å². The Labute approximate surface area is 336 Å². The predicted octanol–water partition coefficient (Wildman–Crippen LogP) is 10.7. The van der Waals surface area contributed by atoms with Crippen LogP contribution in [0.5, 0.6) is 5.75 Å². The number of benzene rings is 3. The third kappa shape index (κ3) is 9.45. The van der Waals surface area contributed by atoms with Crippen molar-refractivity contribution in [2.45, 2.75) is 134 Å². The summed E-state index contributed by atoms with van der Waals surface area (Å²) in [6, 6.07) is 24.2. The van der Waals surface area contributed by atoms with Crippen LogP contribution in [0.15, 0.2) is 90.5 Å². The van der Waals surface area contributed by atoms with E-state index in [1.54, 1.807) is 0 Å². The molecule has 0 aromatic heterocycles. The van der Waals surface area contributed by atoms with Gasteiger partial charge in [0.05, 0.1) is 12.5 Å². The van der Waals surface area contributed by atoms with Gasteiger partial charge in [-0.1, -0.05) is 136 Å². The molecule has 7 atom stereocenters. The molecular formula is C52H66O4. The van der Waals surface area contributed by atoms with E-state index in [4.69, 9.17) is 0 Å². The Kier molecular flexibility index (Phi) is 13.7. The monoisotopic (exact) mass is 754 g/mol. The average molecular weight is 755 g/mol. The fraction of sp³-hybridized carbons (Fsp3) is 0.519. The van der Waals surface area contributed by atoms with E-state index in [0.717, 1.165) is 76.2 Å². The highest BCUT2D eigenvalue weighted by atomic mass is 16.4. The molecule has 0 heterocycles. The number of phenols is 1. The van der Waals surface area contributed by atoms with Crippen LogP contribution in [0.3, 0.4) is 0 Å². The minimum atomic E-state index is -0.675. The maximum atomic E-state index is 13.4. The number of carboxylic acid groups (broad SMARTS) is 1. The van der Waals surface area contributed by atoms with E-state index < -0.39 is 17.3 Å². The van der Waals surface area contributed by atoms with Gasteiger partial charge in [-0.2, -0.15) is 0 Å². The molecule has 1 fully saturated rings. The molecule has 7 rings (SSSR count). The number of aromatic hydroxyl groups is 1. The molecule has 4 nitrogen and oxygen atoms in total. The van der Waals surface area contributed by atoms with Crippen molar-refractivity contribution in [3.8, 4) is 5.75 Å². The lowest BCUT2D eigenvalue weighted by Gasteiger charge is -2.48. The van der Waals surface area contributed by atoms with Crippen molar-refractivity contribution >= 4 is 18.1 Å². The number of aliphatic hydroxyl groups excluding tert-OH is 1. The number of rotatable bonds is 14. The fourth-order valence-electron chi connectivity index (χ4n) is 11.1. The van der Waals surface area contributed by atoms with Crippen LogP contribution in [0.2, 0.25) is 0 Å². The van der Waals surface area contributed by atoms with Gasteiger partial charge < -0.3 is 15.3 Å². The van der Waals surface area contributed by atoms with Gasteiger partial charge in [0, 0.05) is 5.41 Å². The third-order valence-electron chi connectivity index (χ3n) is 14.3. The van der Waals surface area contributed by atoms with Gasteiger partial charge in [-0.15, -0.1) is 0 Å². The number of unbranched alkanes of at least 4 members (excludes halogenated alkanes) is 5. The zero-order chi connectivity index (χ0) is 38.9. The quantitative estimate of drug-likeness (QED) is 0.113. The highest BCUT2D eigenvalue weighted by Gasteiger charge is 2.49. The van der Waals surface area contributed by atoms with Gasteiger partial charge in [-0.05, 0) is 151 Å². The molecule has 3 aromatic rings. The minimum absolute atomic E-state index is 0.213. The largest absolute Gasteiger partial charge is 0.508 e. The highest BCUT2D eigenvalue weighted by Crippen LogP contribution is 2.52. The van der Waals surface area contributed by atoms with Gasteiger partial charge in [0.15, 0.2) is 0 Å². The first-order valence-electron chi connectivity index (χ1n) is 22.2. The lowest BCUT2D eigenvalue weighted by atomic mass is 9.55. The fourth-order valence-corrected chi connectivity index (χ4v) is 11.1. The second-order valence-corrected chi connectivity index (χ2v) is 17.9. The van der Waals surface area contributed by atoms with Crippen molar-refractivity contribution in [3.63, 3.8) is 0 Å². The van der Waals surface area contributed by atoms with Crippen LogP contribution < -0.4 is 10.4 Å². The number of carboxylic acids is 1. The number of fused-ring (bicyclic) bond motifs is 5. The Morgan fingerprint density at radius 3 is 2.36 bits per heavy atom. The van der Waals surface area contributed by atoms with Crippen molar-refractivity contribution in [2.75, 3.05) is 6.61 Å². The van der Waals surface area contributed by atoms with Gasteiger partial charge in [0.2, 0.25) is 0 Å². The molecule has 3 N–H and O–H groups in total. The second-order valence-electron chi connectivity index (χ2n) is 17.9. The van der Waals surface area contributed by atoms with Crippen LogP contribution in [0.1, 0.15) is 138 Å². The lowest BCUT2D eigenvalue weighted by molar-refractivity contribution is -0.145. The average Bonchev–Trinajstić information content (AvgIpc) is 3.68. The van der Waals surface area contributed by atoms with Crippen molar-refractivity contribution < 1.29 is 20.1 Å². The van der Waals surface area contributed by atoms with Crippen LogP contribution >= 0.6 is 0 Å². The van der Waals surface area contributed by atoms with Crippen LogP contribution in [0, 0.1) is 29.6 Å². The zero-order valence-corrected chi connectivity index (χ0v) is 33.9. The van der Waals surface area contributed by atoms with E-state index in [-0.39, 0.29) is 6.61 Å². The summed E-state index contributed by atoms with van der Waals surface area (Å²) >= 11 is 0. The normalized spacial score (nSPS) is 27.2. The highest BCUT2D eigenvalue weighted by molar-refractivity contribution is 5.73. The summed E-state index contributed by atoms with van der Waals surface area (Å²) in [5.41, 5.74) is 5.66. The van der Waals surface area contributed by atoms with Gasteiger partial charge in [0.25, 0.3) is 0 Å². The summed E-state index contributed by atoms with van der Waals surface area (Å²) < 4.78 is 0. The maximum absolute atomic E-state index is 13.4. The van der Waals surface area contributed by atoms with Crippen LogP contribution in [0.25, 0.3) is 12.2 Å². The van der Waals surface area contributed by atoms with Crippen molar-refractivity contribution in [1.29, 1.82) is 0 Å². The van der Waals surface area contributed by atoms with Crippen molar-refractivity contribution in [2.24, 2.45) is 29.6 Å². The van der Waals surface area contributed by atoms with E-state index in [0.29, 0.717) is 41.8 Å². The van der Waals surface area contributed by atoms with Gasteiger partial charge in [-0.25, -0.2) is 0 Å². The Hall–Kier alpha value is -3.89. The maximum Gasteiger partial charge on any atom is 0.307 e. The number of aliphatic carboxylic acids is 1. The standard InChI is InChI=1S/C52H66O4/c1-2-3-6-20-45-34-44(25-26-50(45)54)48-31-38-15-13-21-47(30-38)52(28-27-43-32-41-18-9-10-19-42(41)33-46(43)35-52)49(51(55)56)22-12-11-17-40(48)16-8-5-4-7-14-37-23-24-39(29-37)36-53/h9-13,15,18-19,21,25-26,29-30,32-34,37,40,43,46,48-49,53-54H,2-8,14,16-17,20,22-24,27-28,31,35-36H2,1H3,(H,55,56). The molecule has 0 amide bonds. The number of aliphatic hydroxyl groups is 1. The topological polar surface area (TPSA) is 77.8 Å². The molecule has 0 saturated heterocycles. The molecule has 4 aliphatic rings. The molecule has 56 heavy (non-hydrogen) atoms. The van der Waals surface area contributed by atoms with Gasteiger partial charge in [0.1, 0.15) is 5.75 Å². The predicted molar refractivity (Wildman–Crippen MR) is 230 cm³/mol. The molecule has 4 heteroatoms. The number of carbonyl (C=O) groups is 1. The number of hydrogen-bond acceptors (Lipinski definition) is 3. The van der Waals surface area contributed by atoms with E-state index in [2.05, 4.69) is 98.0 Å². The molecule has 0 aliphatic heterocycles. The smallest absolute Gasteiger partial charge is 0.307 e. The number of aryl methyl sites for hydroxylation is 1. The van der Waals surface area contributed by atoms with E-state index in [1.807, 2.05) is 6.07 Å². The summed E-state index contributed by atoms with van der Waals surface area (Å²) in [5, 5.41) is 34.1. The van der Waals surface area contributed by atoms with Crippen LogP contribution in [0.4, 0.5) is 0 Å². The summed E-state index contributed by atoms with van der Waals surface area (Å²) in [7, 11) is 0. The summed E-state index contributed by atoms with van der Waals surface area (Å²) in [5.74, 6) is 1.34. The molecule has 2 bridgehead atoms. The van der Waals surface area contributed by atoms with Gasteiger partial charge in [-0.3, -0.25) is 4.79 Å². The Morgan fingerprint density at radius 2 is 1.59 bits per heavy atom. The molecule has 0 radical (unpaired) electrons. The Balaban J connectivity index is 1.18. The molecule has 1 saturated carbocycles. The van der Waals surface area contributed by atoms with Crippen LogP contribution in [-0.4, -0.2) is 27.9 Å². The van der Waals surface area contributed by atoms with Crippen molar-refractivity contribution in [1.82, 2.24) is 0 Å². The molecule has 3 aromatic carbocycles. The molecule has 7 unspecified atom stereocenters. The summed E-state index contributed by atoms with van der Waals surface area (Å²) in [6.45, 7) is 2.44. The second kappa shape index (κ2) is 19.0. The Bertz CT molecular complexity index is 1970. The molecule has 1 spiro atoms. The number of phenolic OH excluding ortho intramolecular Hbond substituents is 1. The van der Waals surface area contributed by atoms with Crippen LogP contribution in [-0.2, 0) is 23.1 Å². The number of hydrogen-bond donors (Lipinski definition) is 3. The van der Waals surface area contributed by atoms with Gasteiger partial charge >= 0.3 is 5.97 Å².